The summed E-state index contributed by atoms with van der Waals surface area (Å²) in [5.74, 6) is 1.24. The summed E-state index contributed by atoms with van der Waals surface area (Å²) in [5, 5.41) is 30.9. The number of allylic oxidation sites excluding steroid dienone is 6. The maximum Gasteiger partial charge on any atom is 0.164 e. The molecule has 0 aliphatic carbocycles. The number of ketones is 3. The summed E-state index contributed by atoms with van der Waals surface area (Å²) >= 11 is 0. The second-order valence-electron chi connectivity index (χ2n) is 27.9. The third-order valence-corrected chi connectivity index (χ3v) is 14.9. The summed E-state index contributed by atoms with van der Waals surface area (Å²) < 4.78 is 0. The molecule has 10 rings (SSSR count). The Labute approximate surface area is 631 Å². The number of nitrogens with zero attached hydrogens (tertiary/aromatic N) is 3. The molecule has 0 aliphatic rings. The Morgan fingerprint density at radius 3 is 1.28 bits per heavy atom. The molecular formula is C87H100Ir3N3O6-3. The van der Waals surface area contributed by atoms with Crippen LogP contribution in [-0.4, -0.2) is 47.6 Å². The van der Waals surface area contributed by atoms with Gasteiger partial charge in [0, 0.05) is 94.1 Å². The fraction of sp³-hybridized carbons (Fsp3) is 0.310. The Bertz CT molecular complexity index is 4370. The molecule has 0 bridgehead atoms. The van der Waals surface area contributed by atoms with Gasteiger partial charge in [0.05, 0.1) is 27.9 Å². The van der Waals surface area contributed by atoms with E-state index in [1.807, 2.05) is 77.9 Å². The smallest absolute Gasteiger partial charge is 0.164 e. The number of Topliss-reactive ketones (excluding diaryl/α,β-unsaturated/α-hetero) is 1. The van der Waals surface area contributed by atoms with Crippen LogP contribution in [0.2, 0.25) is 0 Å². The second-order valence-corrected chi connectivity index (χ2v) is 27.9. The van der Waals surface area contributed by atoms with Crippen molar-refractivity contribution in [2.75, 3.05) is 0 Å². The van der Waals surface area contributed by atoms with Crippen LogP contribution in [0.25, 0.3) is 72.1 Å². The molecule has 99 heavy (non-hydrogen) atoms. The molecule has 0 saturated carbocycles. The first-order chi connectivity index (χ1) is 45.0. The molecule has 3 aromatic heterocycles. The number of pyridine rings is 3. The Balaban J connectivity index is 0.000000414. The molecule has 7 aromatic carbocycles. The van der Waals surface area contributed by atoms with Crippen LogP contribution in [0.3, 0.4) is 0 Å². The minimum absolute atomic E-state index is 0. The number of aliphatic hydroxyl groups excluding tert-OH is 3. The number of aliphatic hydroxyl groups is 3. The van der Waals surface area contributed by atoms with Crippen molar-refractivity contribution in [2.24, 2.45) is 22.7 Å². The van der Waals surface area contributed by atoms with Crippen molar-refractivity contribution in [3.63, 3.8) is 0 Å². The van der Waals surface area contributed by atoms with Gasteiger partial charge in [-0.1, -0.05) is 213 Å². The zero-order valence-electron chi connectivity index (χ0n) is 61.6. The fourth-order valence-electron chi connectivity index (χ4n) is 10.6. The van der Waals surface area contributed by atoms with Crippen molar-refractivity contribution in [2.45, 2.75) is 158 Å². The molecule has 9 nitrogen and oxygen atoms in total. The fourth-order valence-corrected chi connectivity index (χ4v) is 10.6. The van der Waals surface area contributed by atoms with E-state index in [-0.39, 0.29) is 100 Å². The second kappa shape index (κ2) is 40.6. The van der Waals surface area contributed by atoms with Gasteiger partial charge in [-0.15, -0.1) is 105 Å². The molecule has 0 atom stereocenters. The monoisotopic (exact) mass is 1860 g/mol. The molecule has 10 aromatic rings. The Hall–Kier alpha value is -7.65. The number of carbonyl (C=O) groups is 3. The van der Waals surface area contributed by atoms with Gasteiger partial charge >= 0.3 is 0 Å². The van der Waals surface area contributed by atoms with Crippen LogP contribution < -0.4 is 0 Å². The van der Waals surface area contributed by atoms with E-state index in [1.54, 1.807) is 12.1 Å². The van der Waals surface area contributed by atoms with E-state index in [9.17, 15) is 24.6 Å². The number of fused-ring (bicyclic) bond motifs is 3. The number of rotatable bonds is 11. The van der Waals surface area contributed by atoms with E-state index in [1.165, 1.54) is 89.4 Å². The largest absolute Gasteiger partial charge is 0.512 e. The van der Waals surface area contributed by atoms with Crippen LogP contribution in [0.4, 0.5) is 0 Å². The molecule has 0 fully saturated rings. The average Bonchev–Trinajstić information content (AvgIpc) is 0.802. The molecular weight excluding hydrogens is 1760 g/mol. The Morgan fingerprint density at radius 1 is 0.444 bits per heavy atom. The van der Waals surface area contributed by atoms with Gasteiger partial charge in [-0.05, 0) is 123 Å². The number of aromatic nitrogens is 3. The van der Waals surface area contributed by atoms with E-state index in [0.29, 0.717) is 17.4 Å². The number of benzene rings is 7. The maximum atomic E-state index is 11.5. The number of aryl methyl sites for hydroxylation is 7. The van der Waals surface area contributed by atoms with Crippen molar-refractivity contribution in [3.05, 3.63) is 261 Å². The number of hydrogen-bond acceptors (Lipinski definition) is 9. The standard InChI is InChI=1S/C22H24N.C21H22N.C17H14N.C11H12O2.C11H20O2.C5H8O2.3Ir/c1-14(2)8-18-13-22(19-10-16(4)9-17(5)11-19)23-21-7-6-15(3)12-20(18)21;1-14(2)9-17-13-21(18-11-15(3)10-16(4)12-18)22-20-8-6-5-7-19(17)20;1-12-9-13(2)11-15(10-12)17-8-7-14-5-3-4-6-16(14)18-17;1-8(12)11(9(2)13)10-6-4-3-5-7-10;1-10(2,3)8(12)7-9(13)11(4,5)6;1-4(6)3-5(2)7;;;/h6-7,9-10,12-14H,8H2,1-5H3;5-8,10-11,13-14H,9H2,1-4H3;3-10H,1-2H3;3-7,12H,1-2H3;7,12H,1-6H3;3,6H,1-2H3;;;/q3*-1;;;;;;. The normalized spacial score (nSPS) is 11.4. The zero-order chi connectivity index (χ0) is 71.4. The molecule has 0 saturated heterocycles. The van der Waals surface area contributed by atoms with Crippen LogP contribution >= 0.6 is 0 Å². The van der Waals surface area contributed by atoms with Gasteiger partial charge in [-0.2, -0.15) is 0 Å². The van der Waals surface area contributed by atoms with E-state index >= 15 is 0 Å². The van der Waals surface area contributed by atoms with Gasteiger partial charge in [0.25, 0.3) is 0 Å². The summed E-state index contributed by atoms with van der Waals surface area (Å²) in [5.41, 5.74) is 21.2. The summed E-state index contributed by atoms with van der Waals surface area (Å²) in [6.07, 6.45) is 4.64. The molecule has 0 aliphatic heterocycles. The van der Waals surface area contributed by atoms with Crippen LogP contribution in [-0.2, 0) is 87.5 Å². The van der Waals surface area contributed by atoms with Crippen LogP contribution in [0.1, 0.15) is 153 Å². The first-order valence-corrected chi connectivity index (χ1v) is 32.9. The minimum atomic E-state index is -0.417. The molecule has 529 valence electrons. The Morgan fingerprint density at radius 2 is 0.869 bits per heavy atom. The van der Waals surface area contributed by atoms with Crippen molar-refractivity contribution in [1.29, 1.82) is 0 Å². The molecule has 12 heteroatoms. The first-order valence-electron chi connectivity index (χ1n) is 32.9. The predicted molar refractivity (Wildman–Crippen MR) is 402 cm³/mol. The summed E-state index contributed by atoms with van der Waals surface area (Å²) in [7, 11) is 0. The average molecular weight is 1860 g/mol. The Kier molecular flexibility index (Phi) is 35.8. The van der Waals surface area contributed by atoms with Gasteiger partial charge in [-0.3, -0.25) is 29.3 Å². The first kappa shape index (κ1) is 87.4. The predicted octanol–water partition coefficient (Wildman–Crippen LogP) is 22.3. The van der Waals surface area contributed by atoms with E-state index < -0.39 is 5.41 Å². The minimum Gasteiger partial charge on any atom is -0.512 e. The molecule has 3 heterocycles. The molecule has 0 unspecified atom stereocenters. The van der Waals surface area contributed by atoms with Gasteiger partial charge in [-0.25, -0.2) is 0 Å². The number of para-hydroxylation sites is 2. The SMILES string of the molecule is CC(=O)C(=C(C)O)c1ccccc1.CC(=O)C=C(C)O.CC(C)(C)C(=O)C=C(O)C(C)(C)C.Cc1[c-]c(-c2cc(CC(C)C)c3cc(C)ccc3n2)cc(C)c1.Cc1[c-]c(-c2cc(CC(C)C)c3ccccc3n2)cc(C)c1.Cc1[c-]c(-c2ccc3ccccc3n2)cc(C)c1.[Ir].[Ir].[Ir]. The quantitative estimate of drug-likeness (QED) is 0.0653. The van der Waals surface area contributed by atoms with E-state index in [4.69, 9.17) is 20.1 Å². The van der Waals surface area contributed by atoms with Crippen molar-refractivity contribution in [3.8, 4) is 33.8 Å². The summed E-state index contributed by atoms with van der Waals surface area (Å²) in [6, 6.07) is 64.2. The molecule has 3 radical (unpaired) electrons. The third kappa shape index (κ3) is 28.8. The van der Waals surface area contributed by atoms with Crippen LogP contribution in [0, 0.1) is 89.3 Å². The molecule has 3 N–H and O–H groups in total. The van der Waals surface area contributed by atoms with Gasteiger partial charge in [0.1, 0.15) is 11.5 Å². The van der Waals surface area contributed by atoms with Crippen molar-refractivity contribution < 1.29 is 90.0 Å². The molecule has 0 spiro atoms. The topological polar surface area (TPSA) is 151 Å². The zero-order valence-corrected chi connectivity index (χ0v) is 68.8. The maximum absolute atomic E-state index is 11.5. The van der Waals surface area contributed by atoms with E-state index in [2.05, 4.69) is 204 Å². The van der Waals surface area contributed by atoms with Crippen LogP contribution in [0.15, 0.2) is 187 Å². The van der Waals surface area contributed by atoms with Crippen LogP contribution in [0.5, 0.6) is 0 Å². The molecule has 0 amide bonds. The van der Waals surface area contributed by atoms with E-state index in [0.717, 1.165) is 85.4 Å². The summed E-state index contributed by atoms with van der Waals surface area (Å²) in [4.78, 5) is 47.1. The van der Waals surface area contributed by atoms with Gasteiger partial charge in [0.15, 0.2) is 17.3 Å². The van der Waals surface area contributed by atoms with Crippen molar-refractivity contribution in [1.82, 2.24) is 15.0 Å². The van der Waals surface area contributed by atoms with Gasteiger partial charge in [0.2, 0.25) is 0 Å². The summed E-state index contributed by atoms with van der Waals surface area (Å²) in [6.45, 7) is 40.7. The number of hydrogen-bond donors (Lipinski definition) is 3. The number of carbonyl (C=O) groups excluding carboxylic acids is 3. The van der Waals surface area contributed by atoms with Gasteiger partial charge < -0.3 is 15.3 Å². The third-order valence-electron chi connectivity index (χ3n) is 14.9. The van der Waals surface area contributed by atoms with Crippen molar-refractivity contribution >= 4 is 55.6 Å².